The fourth-order valence-electron chi connectivity index (χ4n) is 7.60. The summed E-state index contributed by atoms with van der Waals surface area (Å²) in [6.45, 7) is 0. The van der Waals surface area contributed by atoms with E-state index in [-0.39, 0.29) is 0 Å². The Bertz CT molecular complexity index is 2780. The van der Waals surface area contributed by atoms with E-state index in [0.717, 1.165) is 0 Å². The van der Waals surface area contributed by atoms with E-state index in [1.54, 1.807) is 0 Å². The molecule has 0 aliphatic rings. The molecule has 0 spiro atoms. The van der Waals surface area contributed by atoms with Crippen LogP contribution < -0.4 is 0 Å². The van der Waals surface area contributed by atoms with Crippen molar-refractivity contribution in [2.75, 3.05) is 0 Å². The molecule has 0 radical (unpaired) electrons. The molecule has 1 heteroatoms. The number of rotatable bonds is 1. The number of fused-ring (bicyclic) bond motifs is 11. The molecule has 0 amide bonds. The Labute approximate surface area is 252 Å². The summed E-state index contributed by atoms with van der Waals surface area (Å²) in [6, 6.07) is 54.3. The van der Waals surface area contributed by atoms with Crippen molar-refractivity contribution < 1.29 is 0 Å². The normalized spacial score (nSPS) is 12.2. The van der Waals surface area contributed by atoms with Crippen LogP contribution in [-0.2, 0) is 0 Å². The van der Waals surface area contributed by atoms with Gasteiger partial charge in [-0.25, -0.2) is 0 Å². The topological polar surface area (TPSA) is 0 Å². The first-order valence-electron chi connectivity index (χ1n) is 14.9. The molecule has 0 N–H and O–H groups in total. The lowest BCUT2D eigenvalue weighted by Crippen LogP contribution is -1.90. The minimum Gasteiger partial charge on any atom is -0.135 e. The van der Waals surface area contributed by atoms with Gasteiger partial charge in [-0.3, -0.25) is 0 Å². The molecule has 0 aliphatic heterocycles. The van der Waals surface area contributed by atoms with Crippen LogP contribution in [0.15, 0.2) is 146 Å². The van der Waals surface area contributed by atoms with E-state index < -0.39 is 0 Å². The van der Waals surface area contributed by atoms with Crippen molar-refractivity contribution in [2.45, 2.75) is 0 Å². The highest BCUT2D eigenvalue weighted by atomic mass is 32.1. The Morgan fingerprint density at radius 1 is 0.302 bits per heavy atom. The van der Waals surface area contributed by atoms with Gasteiger partial charge in [0.15, 0.2) is 0 Å². The summed E-state index contributed by atoms with van der Waals surface area (Å²) in [6.07, 6.45) is 0. The van der Waals surface area contributed by atoms with E-state index in [9.17, 15) is 0 Å². The maximum absolute atomic E-state index is 2.47. The second kappa shape index (κ2) is 8.64. The molecule has 198 valence electrons. The van der Waals surface area contributed by atoms with Gasteiger partial charge in [-0.1, -0.05) is 127 Å². The van der Waals surface area contributed by atoms with E-state index >= 15 is 0 Å². The van der Waals surface area contributed by atoms with Crippen LogP contribution in [0.3, 0.4) is 0 Å². The molecule has 10 aromatic rings. The number of benzene rings is 8. The third kappa shape index (κ3) is 3.15. The Hall–Kier alpha value is -5.24. The number of hydrogen-bond donors (Lipinski definition) is 0. The van der Waals surface area contributed by atoms with Crippen molar-refractivity contribution in [2.24, 2.45) is 0 Å². The average molecular weight is 561 g/mol. The first-order valence-corrected chi connectivity index (χ1v) is 15.7. The van der Waals surface area contributed by atoms with Crippen molar-refractivity contribution in [3.8, 4) is 11.1 Å². The second-order valence-corrected chi connectivity index (χ2v) is 12.6. The highest BCUT2D eigenvalue weighted by molar-refractivity contribution is 7.26. The Kier molecular flexibility index (Phi) is 4.69. The fourth-order valence-corrected chi connectivity index (χ4v) is 8.83. The summed E-state index contributed by atoms with van der Waals surface area (Å²) in [4.78, 5) is 0. The summed E-state index contributed by atoms with van der Waals surface area (Å²) >= 11 is 1.90. The fraction of sp³-hybridized carbons (Fsp3) is 0. The maximum atomic E-state index is 2.47. The zero-order valence-corrected chi connectivity index (χ0v) is 24.1. The summed E-state index contributed by atoms with van der Waals surface area (Å²) < 4.78 is 2.69. The van der Waals surface area contributed by atoms with Gasteiger partial charge in [0.1, 0.15) is 0 Å². The molecule has 1 aromatic heterocycles. The van der Waals surface area contributed by atoms with Crippen LogP contribution >= 0.6 is 11.3 Å². The smallest absolute Gasteiger partial charge is 0.0433 e. The van der Waals surface area contributed by atoms with Gasteiger partial charge in [0, 0.05) is 20.2 Å². The highest BCUT2D eigenvalue weighted by Crippen LogP contribution is 2.47. The largest absolute Gasteiger partial charge is 0.135 e. The van der Waals surface area contributed by atoms with Crippen LogP contribution in [0.1, 0.15) is 0 Å². The minimum absolute atomic E-state index is 1.27. The van der Waals surface area contributed by atoms with Crippen LogP contribution in [0.5, 0.6) is 0 Å². The van der Waals surface area contributed by atoms with Gasteiger partial charge in [0.25, 0.3) is 0 Å². The monoisotopic (exact) mass is 560 g/mol. The van der Waals surface area contributed by atoms with Crippen LogP contribution in [0.25, 0.3) is 95.9 Å². The Morgan fingerprint density at radius 2 is 0.698 bits per heavy atom. The number of thiophene rings is 1. The third-order valence-electron chi connectivity index (χ3n) is 9.40. The van der Waals surface area contributed by atoms with Gasteiger partial charge in [-0.15, -0.1) is 11.3 Å². The van der Waals surface area contributed by atoms with E-state index in [1.807, 2.05) is 11.3 Å². The predicted octanol–water partition coefficient (Wildman–Crippen LogP) is 12.6. The van der Waals surface area contributed by atoms with Crippen LogP contribution in [0, 0.1) is 0 Å². The quantitative estimate of drug-likeness (QED) is 0.175. The van der Waals surface area contributed by atoms with E-state index in [0.29, 0.717) is 0 Å². The summed E-state index contributed by atoms with van der Waals surface area (Å²) in [7, 11) is 0. The lowest BCUT2D eigenvalue weighted by Gasteiger charge is -2.18. The average Bonchev–Trinajstić information content (AvgIpc) is 3.46. The predicted molar refractivity (Wildman–Crippen MR) is 190 cm³/mol. The molecule has 1 heterocycles. The van der Waals surface area contributed by atoms with Gasteiger partial charge >= 0.3 is 0 Å². The Balaban J connectivity index is 1.52. The van der Waals surface area contributed by atoms with Crippen molar-refractivity contribution in [1.29, 1.82) is 0 Å². The molecule has 43 heavy (non-hydrogen) atoms. The van der Waals surface area contributed by atoms with Crippen LogP contribution in [0.4, 0.5) is 0 Å². The summed E-state index contributed by atoms with van der Waals surface area (Å²) in [5, 5.41) is 18.4. The lowest BCUT2D eigenvalue weighted by molar-refractivity contribution is 1.75. The molecule has 0 unspecified atom stereocenters. The van der Waals surface area contributed by atoms with Gasteiger partial charge < -0.3 is 0 Å². The van der Waals surface area contributed by atoms with Crippen molar-refractivity contribution >= 4 is 96.1 Å². The first-order chi connectivity index (χ1) is 21.3. The third-order valence-corrected chi connectivity index (χ3v) is 10.6. The van der Waals surface area contributed by atoms with Crippen LogP contribution in [0.2, 0.25) is 0 Å². The van der Waals surface area contributed by atoms with Gasteiger partial charge in [0.2, 0.25) is 0 Å². The van der Waals surface area contributed by atoms with Gasteiger partial charge in [0.05, 0.1) is 0 Å². The summed E-state index contributed by atoms with van der Waals surface area (Å²) in [5.74, 6) is 0. The highest BCUT2D eigenvalue weighted by Gasteiger charge is 2.18. The first kappa shape index (κ1) is 23.3. The van der Waals surface area contributed by atoms with Gasteiger partial charge in [-0.2, -0.15) is 0 Å². The lowest BCUT2D eigenvalue weighted by atomic mass is 9.85. The summed E-state index contributed by atoms with van der Waals surface area (Å²) in [5.41, 5.74) is 2.57. The second-order valence-electron chi connectivity index (χ2n) is 11.6. The molecular weight excluding hydrogens is 537 g/mol. The van der Waals surface area contributed by atoms with Crippen LogP contribution in [-0.4, -0.2) is 0 Å². The zero-order valence-electron chi connectivity index (χ0n) is 23.3. The minimum atomic E-state index is 1.27. The molecule has 0 nitrogen and oxygen atoms in total. The zero-order chi connectivity index (χ0) is 28.1. The number of hydrogen-bond acceptors (Lipinski definition) is 1. The van der Waals surface area contributed by atoms with Gasteiger partial charge in [-0.05, 0) is 94.0 Å². The SMILES string of the molecule is c1ccc2c(c1)sc1c(-c3cc4c5ccccc5c5ccccc5c5cccc6c7ccccc7c(c3)c4c56)cccc12. The maximum Gasteiger partial charge on any atom is 0.0433 e. The molecule has 10 rings (SSSR count). The standard InChI is InChI=1S/C42H24S/c1-3-13-29-27(11-1)28-12-2-5-15-31(28)37-23-25(26-18-9-21-36-33-17-7-8-22-39(33)43-42(26)36)24-38-32-16-6-4-14-30(32)35-20-10-19-34(29)40(35)41(37)38/h1-24H. The van der Waals surface area contributed by atoms with Crippen molar-refractivity contribution in [1.82, 2.24) is 0 Å². The molecule has 0 saturated heterocycles. The molecule has 0 atom stereocenters. The van der Waals surface area contributed by atoms with E-state index in [1.165, 1.54) is 95.9 Å². The molecule has 0 aliphatic carbocycles. The molecule has 9 aromatic carbocycles. The van der Waals surface area contributed by atoms with Crippen molar-refractivity contribution in [3.63, 3.8) is 0 Å². The van der Waals surface area contributed by atoms with E-state index in [2.05, 4.69) is 146 Å². The molecule has 0 fully saturated rings. The molecule has 0 saturated carbocycles. The van der Waals surface area contributed by atoms with E-state index in [4.69, 9.17) is 0 Å². The Morgan fingerprint density at radius 3 is 1.28 bits per heavy atom. The molecular formula is C42H24S. The molecule has 0 bridgehead atoms. The van der Waals surface area contributed by atoms with Crippen molar-refractivity contribution in [3.05, 3.63) is 146 Å².